The maximum Gasteiger partial charge on any atom is 0.335 e. The van der Waals surface area contributed by atoms with Gasteiger partial charge < -0.3 is 15.2 Å². The zero-order valence-corrected chi connectivity index (χ0v) is 14.8. The van der Waals surface area contributed by atoms with Crippen LogP contribution in [0.1, 0.15) is 33.5 Å². The van der Waals surface area contributed by atoms with Gasteiger partial charge in [-0.15, -0.1) is 5.10 Å². The Hall–Kier alpha value is -3.68. The van der Waals surface area contributed by atoms with Crippen LogP contribution in [0.4, 0.5) is 5.69 Å². The first-order valence-electron chi connectivity index (χ1n) is 8.30. The van der Waals surface area contributed by atoms with Gasteiger partial charge in [0.25, 0.3) is 5.91 Å². The first kappa shape index (κ1) is 18.1. The van der Waals surface area contributed by atoms with Gasteiger partial charge in [-0.05, 0) is 50.2 Å². The van der Waals surface area contributed by atoms with Crippen molar-refractivity contribution in [3.8, 4) is 11.4 Å². The molecule has 3 aromatic rings. The van der Waals surface area contributed by atoms with Crippen LogP contribution in [-0.2, 0) is 0 Å². The molecular weight excluding hydrogens is 348 g/mol. The van der Waals surface area contributed by atoms with Gasteiger partial charge in [-0.2, -0.15) is 0 Å². The number of nitrogens with one attached hydrogen (secondary N) is 1. The normalized spacial score (nSPS) is 10.4. The number of hydrogen-bond donors (Lipinski definition) is 2. The number of carboxylic acids is 1. The van der Waals surface area contributed by atoms with Crippen LogP contribution in [0.15, 0.2) is 48.5 Å². The molecule has 27 heavy (non-hydrogen) atoms. The molecule has 3 rings (SSSR count). The van der Waals surface area contributed by atoms with Crippen LogP contribution >= 0.6 is 0 Å². The molecule has 0 aliphatic heterocycles. The Kier molecular flexibility index (Phi) is 5.16. The lowest BCUT2D eigenvalue weighted by atomic mass is 10.2. The predicted molar refractivity (Wildman–Crippen MR) is 98.6 cm³/mol. The fourth-order valence-electron chi connectivity index (χ4n) is 2.56. The lowest BCUT2D eigenvalue weighted by Crippen LogP contribution is -2.14. The average Bonchev–Trinajstić information content (AvgIpc) is 3.04. The van der Waals surface area contributed by atoms with Gasteiger partial charge in [0.1, 0.15) is 11.4 Å². The third kappa shape index (κ3) is 3.79. The molecule has 0 spiro atoms. The van der Waals surface area contributed by atoms with E-state index < -0.39 is 11.9 Å². The molecule has 0 aliphatic carbocycles. The quantitative estimate of drug-likeness (QED) is 0.695. The van der Waals surface area contributed by atoms with Gasteiger partial charge in [0.05, 0.1) is 17.9 Å². The van der Waals surface area contributed by atoms with Gasteiger partial charge in [0, 0.05) is 5.69 Å². The summed E-state index contributed by atoms with van der Waals surface area (Å²) in [6.45, 7) is 4.13. The molecule has 0 atom stereocenters. The molecule has 0 aliphatic rings. The van der Waals surface area contributed by atoms with Crippen LogP contribution in [0, 0.1) is 6.92 Å². The lowest BCUT2D eigenvalue weighted by molar-refractivity contribution is 0.0696. The lowest BCUT2D eigenvalue weighted by Gasteiger charge is -2.10. The number of amides is 1. The van der Waals surface area contributed by atoms with Crippen molar-refractivity contribution in [2.45, 2.75) is 13.8 Å². The highest BCUT2D eigenvalue weighted by Crippen LogP contribution is 2.24. The summed E-state index contributed by atoms with van der Waals surface area (Å²) in [6.07, 6.45) is 0. The molecule has 0 radical (unpaired) electrons. The molecule has 0 unspecified atom stereocenters. The maximum absolute atomic E-state index is 12.5. The number of rotatable bonds is 6. The van der Waals surface area contributed by atoms with E-state index in [0.717, 1.165) is 0 Å². The van der Waals surface area contributed by atoms with Crippen LogP contribution in [0.2, 0.25) is 0 Å². The average molecular weight is 366 g/mol. The molecule has 1 aromatic heterocycles. The second-order valence-corrected chi connectivity index (χ2v) is 5.67. The summed E-state index contributed by atoms with van der Waals surface area (Å²) in [7, 11) is 0. The minimum Gasteiger partial charge on any atom is -0.492 e. The van der Waals surface area contributed by atoms with Gasteiger partial charge in [-0.25, -0.2) is 9.48 Å². The number of anilines is 1. The van der Waals surface area contributed by atoms with Crippen molar-refractivity contribution in [1.29, 1.82) is 0 Å². The highest BCUT2D eigenvalue weighted by Gasteiger charge is 2.19. The van der Waals surface area contributed by atoms with E-state index in [0.29, 0.717) is 29.4 Å². The Morgan fingerprint density at radius 1 is 1.15 bits per heavy atom. The van der Waals surface area contributed by atoms with Crippen LogP contribution in [-0.4, -0.2) is 38.6 Å². The molecule has 0 saturated heterocycles. The number of aromatic nitrogens is 3. The number of carboxylic acid groups (broad SMARTS) is 1. The third-order valence-corrected chi connectivity index (χ3v) is 3.89. The molecule has 8 nitrogen and oxygen atoms in total. The number of para-hydroxylation sites is 2. The van der Waals surface area contributed by atoms with E-state index in [-0.39, 0.29) is 11.3 Å². The monoisotopic (exact) mass is 366 g/mol. The summed E-state index contributed by atoms with van der Waals surface area (Å²) >= 11 is 0. The first-order valence-corrected chi connectivity index (χ1v) is 8.30. The van der Waals surface area contributed by atoms with E-state index in [1.54, 1.807) is 11.6 Å². The van der Waals surface area contributed by atoms with E-state index in [9.17, 15) is 9.59 Å². The predicted octanol–water partition coefficient (Wildman–Crippen LogP) is 2.92. The summed E-state index contributed by atoms with van der Waals surface area (Å²) in [4.78, 5) is 23.4. The fourth-order valence-corrected chi connectivity index (χ4v) is 2.56. The van der Waals surface area contributed by atoms with E-state index in [4.69, 9.17) is 9.84 Å². The number of benzene rings is 2. The number of carbonyl (C=O) groups is 2. The number of ether oxygens (including phenoxy) is 1. The summed E-state index contributed by atoms with van der Waals surface area (Å²) < 4.78 is 7.15. The van der Waals surface area contributed by atoms with Crippen molar-refractivity contribution >= 4 is 17.6 Å². The molecule has 1 heterocycles. The van der Waals surface area contributed by atoms with Crippen LogP contribution in [0.5, 0.6) is 5.75 Å². The van der Waals surface area contributed by atoms with Crippen LogP contribution in [0.25, 0.3) is 5.69 Å². The van der Waals surface area contributed by atoms with Gasteiger partial charge in [-0.1, -0.05) is 17.3 Å². The number of nitrogens with zero attached hydrogens (tertiary/aromatic N) is 3. The van der Waals surface area contributed by atoms with E-state index in [1.807, 2.05) is 31.2 Å². The number of hydrogen-bond acceptors (Lipinski definition) is 5. The highest BCUT2D eigenvalue weighted by atomic mass is 16.5. The van der Waals surface area contributed by atoms with Gasteiger partial charge in [0.15, 0.2) is 5.69 Å². The maximum atomic E-state index is 12.5. The molecule has 138 valence electrons. The number of aromatic carboxylic acids is 1. The zero-order chi connectivity index (χ0) is 19.4. The van der Waals surface area contributed by atoms with Gasteiger partial charge in [-0.3, -0.25) is 4.79 Å². The van der Waals surface area contributed by atoms with Crippen molar-refractivity contribution < 1.29 is 19.4 Å². The Labute approximate surface area is 155 Å². The minimum absolute atomic E-state index is 0.141. The first-order chi connectivity index (χ1) is 13.0. The molecule has 0 saturated carbocycles. The van der Waals surface area contributed by atoms with E-state index in [2.05, 4.69) is 15.6 Å². The van der Waals surface area contributed by atoms with Crippen molar-refractivity contribution in [2.75, 3.05) is 11.9 Å². The van der Waals surface area contributed by atoms with Crippen molar-refractivity contribution in [3.05, 3.63) is 65.5 Å². The highest BCUT2D eigenvalue weighted by molar-refractivity contribution is 6.03. The fraction of sp³-hybridized carbons (Fsp3) is 0.158. The van der Waals surface area contributed by atoms with Gasteiger partial charge >= 0.3 is 5.97 Å². The largest absolute Gasteiger partial charge is 0.492 e. The molecule has 0 bridgehead atoms. The van der Waals surface area contributed by atoms with E-state index in [1.165, 1.54) is 24.3 Å². The second kappa shape index (κ2) is 7.69. The van der Waals surface area contributed by atoms with Crippen molar-refractivity contribution in [3.63, 3.8) is 0 Å². The van der Waals surface area contributed by atoms with Gasteiger partial charge in [0.2, 0.25) is 0 Å². The van der Waals surface area contributed by atoms with Crippen LogP contribution < -0.4 is 10.1 Å². The molecule has 0 fully saturated rings. The molecule has 2 N–H and O–H groups in total. The Bertz CT molecular complexity index is 980. The Morgan fingerprint density at radius 3 is 2.52 bits per heavy atom. The smallest absolute Gasteiger partial charge is 0.335 e. The molecule has 8 heteroatoms. The molecule has 2 aromatic carbocycles. The third-order valence-electron chi connectivity index (χ3n) is 3.89. The standard InChI is InChI=1S/C19H18N4O4/c1-3-27-16-7-5-4-6-15(16)23-12(2)17(21-22-23)18(24)20-14-10-8-13(9-11-14)19(25)26/h4-11H,3H2,1-2H3,(H,20,24)(H,25,26). The number of carbonyl (C=O) groups excluding carboxylic acids is 1. The summed E-state index contributed by atoms with van der Waals surface area (Å²) in [5, 5.41) is 19.7. The minimum atomic E-state index is -1.03. The summed E-state index contributed by atoms with van der Waals surface area (Å²) in [5.74, 6) is -0.820. The molecular formula is C19H18N4O4. The van der Waals surface area contributed by atoms with Crippen molar-refractivity contribution in [1.82, 2.24) is 15.0 Å². The van der Waals surface area contributed by atoms with Crippen molar-refractivity contribution in [2.24, 2.45) is 0 Å². The Balaban J connectivity index is 1.84. The summed E-state index contributed by atoms with van der Waals surface area (Å²) in [5.41, 5.74) is 2.02. The zero-order valence-electron chi connectivity index (χ0n) is 14.8. The van der Waals surface area contributed by atoms with E-state index >= 15 is 0 Å². The second-order valence-electron chi connectivity index (χ2n) is 5.67. The SMILES string of the molecule is CCOc1ccccc1-n1nnc(C(=O)Nc2ccc(C(=O)O)cc2)c1C. The molecule has 1 amide bonds. The summed E-state index contributed by atoms with van der Waals surface area (Å²) in [6, 6.07) is 13.2. The van der Waals surface area contributed by atoms with Crippen LogP contribution in [0.3, 0.4) is 0 Å². The Morgan fingerprint density at radius 2 is 1.85 bits per heavy atom. The topological polar surface area (TPSA) is 106 Å².